The first-order valence-electron chi connectivity index (χ1n) is 10.9. The predicted molar refractivity (Wildman–Crippen MR) is 129 cm³/mol. The molecule has 2 aliphatic rings. The van der Waals surface area contributed by atoms with E-state index in [-0.39, 0.29) is 0 Å². The number of nitrogens with zero attached hydrogens (tertiary/aromatic N) is 4. The van der Waals surface area contributed by atoms with Gasteiger partial charge in [0, 0.05) is 44.1 Å². The molecule has 2 heterocycles. The molecular weight excluding hydrogens is 440 g/mol. The third-order valence-electron chi connectivity index (χ3n) is 6.04. The summed E-state index contributed by atoms with van der Waals surface area (Å²) in [5, 5.41) is 3.01. The molecule has 0 atom stereocenters. The molecule has 0 amide bonds. The van der Waals surface area contributed by atoms with E-state index in [1.807, 2.05) is 12.1 Å². The van der Waals surface area contributed by atoms with Gasteiger partial charge in [-0.2, -0.15) is 8.68 Å². The lowest BCUT2D eigenvalue weighted by Gasteiger charge is -2.33. The van der Waals surface area contributed by atoms with Gasteiger partial charge in [0.1, 0.15) is 5.82 Å². The molecule has 1 aliphatic carbocycles. The van der Waals surface area contributed by atoms with Crippen LogP contribution in [-0.4, -0.2) is 48.3 Å². The second kappa shape index (κ2) is 8.77. The predicted octanol–water partition coefficient (Wildman–Crippen LogP) is 2.30. The van der Waals surface area contributed by atoms with E-state index in [0.717, 1.165) is 34.2 Å². The van der Waals surface area contributed by atoms with Gasteiger partial charge in [-0.1, -0.05) is 48.0 Å². The minimum absolute atomic E-state index is 0.382. The molecule has 1 aliphatic heterocycles. The van der Waals surface area contributed by atoms with E-state index in [1.165, 1.54) is 22.7 Å². The topological polar surface area (TPSA) is 66.4 Å². The lowest BCUT2D eigenvalue weighted by molar-refractivity contribution is 0.384. The molecule has 0 unspecified atom stereocenters. The van der Waals surface area contributed by atoms with Crippen molar-refractivity contribution in [1.82, 2.24) is 13.7 Å². The van der Waals surface area contributed by atoms with Crippen molar-refractivity contribution < 1.29 is 8.42 Å². The molecule has 0 radical (unpaired) electrons. The molecule has 1 saturated heterocycles. The van der Waals surface area contributed by atoms with Crippen LogP contribution in [0.2, 0.25) is 0 Å². The Morgan fingerprint density at radius 2 is 1.66 bits per heavy atom. The molecule has 0 N–H and O–H groups in total. The van der Waals surface area contributed by atoms with Crippen molar-refractivity contribution in [3.05, 3.63) is 69.9 Å². The normalized spacial score (nSPS) is 16.8. The molecule has 0 bridgehead atoms. The summed E-state index contributed by atoms with van der Waals surface area (Å²) in [7, 11) is -3.50. The van der Waals surface area contributed by atoms with Gasteiger partial charge in [-0.3, -0.25) is 0 Å². The van der Waals surface area contributed by atoms with Crippen LogP contribution in [0.5, 0.6) is 0 Å². The lowest BCUT2D eigenvalue weighted by Crippen LogP contribution is -2.48. The van der Waals surface area contributed by atoms with Gasteiger partial charge in [0.25, 0.3) is 0 Å². The molecule has 0 saturated carbocycles. The number of hydrogen-bond donors (Lipinski definition) is 0. The molecule has 32 heavy (non-hydrogen) atoms. The van der Waals surface area contributed by atoms with E-state index in [9.17, 15) is 8.42 Å². The summed E-state index contributed by atoms with van der Waals surface area (Å²) >= 11 is 1.39. The van der Waals surface area contributed by atoms with Crippen molar-refractivity contribution in [2.75, 3.05) is 31.1 Å². The van der Waals surface area contributed by atoms with Gasteiger partial charge in [0.05, 0.1) is 4.90 Å². The summed E-state index contributed by atoms with van der Waals surface area (Å²) in [4.78, 5) is 7.22. The molecule has 0 spiro atoms. The summed E-state index contributed by atoms with van der Waals surface area (Å²) in [5.41, 5.74) is 2.43. The third kappa shape index (κ3) is 4.35. The Bertz CT molecular complexity index is 1340. The number of hydrogen-bond acceptors (Lipinski definition) is 6. The fraction of sp³-hybridized carbons (Fsp3) is 0.333. The van der Waals surface area contributed by atoms with Crippen LogP contribution in [0, 0.1) is 6.92 Å². The monoisotopic (exact) mass is 466 g/mol. The minimum atomic E-state index is -3.50. The molecule has 166 valence electrons. The number of benzene rings is 2. The standard InChI is InChI=1S/C24H26N4O2S2/c1-18-6-8-19(9-7-18)16-23-25-24(31-26-23)27-12-14-28(15-13-27)32(29,30)22-11-10-20-4-2-3-5-21(20)17-22/h4-11,17H,2-3,12-16H2,1H3. The van der Waals surface area contributed by atoms with E-state index in [1.54, 1.807) is 10.4 Å². The van der Waals surface area contributed by atoms with Crippen LogP contribution in [0.1, 0.15) is 29.8 Å². The maximum absolute atomic E-state index is 13.2. The molecule has 1 aromatic heterocycles. The average molecular weight is 467 g/mol. The molecule has 3 aromatic rings. The summed E-state index contributed by atoms with van der Waals surface area (Å²) in [6.45, 7) is 4.20. The summed E-state index contributed by atoms with van der Waals surface area (Å²) in [5.74, 6) is 0.811. The molecule has 2 aromatic carbocycles. The number of aryl methyl sites for hydroxylation is 1. The molecule has 1 fully saturated rings. The second-order valence-electron chi connectivity index (χ2n) is 8.32. The van der Waals surface area contributed by atoms with Crippen molar-refractivity contribution in [3.8, 4) is 0 Å². The van der Waals surface area contributed by atoms with Gasteiger partial charge in [-0.05, 0) is 47.9 Å². The van der Waals surface area contributed by atoms with Crippen LogP contribution in [-0.2, 0) is 16.4 Å². The number of rotatable bonds is 5. The Kier molecular flexibility index (Phi) is 5.84. The zero-order chi connectivity index (χ0) is 22.1. The number of piperazine rings is 1. The number of fused-ring (bicyclic) bond motifs is 1. The quantitative estimate of drug-likeness (QED) is 0.577. The number of aromatic nitrogens is 2. The van der Waals surface area contributed by atoms with Crippen molar-refractivity contribution in [2.24, 2.45) is 0 Å². The lowest BCUT2D eigenvalue weighted by atomic mass is 10.1. The van der Waals surface area contributed by atoms with Gasteiger partial charge in [-0.15, -0.1) is 0 Å². The van der Waals surface area contributed by atoms with Gasteiger partial charge >= 0.3 is 0 Å². The van der Waals surface area contributed by atoms with Crippen LogP contribution < -0.4 is 15.3 Å². The highest BCUT2D eigenvalue weighted by atomic mass is 32.2. The van der Waals surface area contributed by atoms with Crippen molar-refractivity contribution >= 4 is 38.8 Å². The van der Waals surface area contributed by atoms with Crippen LogP contribution in [0.15, 0.2) is 47.4 Å². The van der Waals surface area contributed by atoms with Gasteiger partial charge in [0.15, 0.2) is 0 Å². The largest absolute Gasteiger partial charge is 0.344 e. The highest BCUT2D eigenvalue weighted by molar-refractivity contribution is 7.89. The van der Waals surface area contributed by atoms with Gasteiger partial charge < -0.3 is 4.90 Å². The molecule has 5 rings (SSSR count). The van der Waals surface area contributed by atoms with Gasteiger partial charge in [-0.25, -0.2) is 13.4 Å². The SMILES string of the molecule is Cc1ccc(Cc2nsc(N3CCN(S(=O)(=O)c4ccc5c(c4)=CCCC=5)CC3)n2)cc1. The maximum Gasteiger partial charge on any atom is 0.243 e. The van der Waals surface area contributed by atoms with Crippen LogP contribution >= 0.6 is 11.5 Å². The minimum Gasteiger partial charge on any atom is -0.344 e. The zero-order valence-corrected chi connectivity index (χ0v) is 19.7. The Labute approximate surface area is 192 Å². The van der Waals surface area contributed by atoms with Crippen molar-refractivity contribution in [3.63, 3.8) is 0 Å². The smallest absolute Gasteiger partial charge is 0.243 e. The highest BCUT2D eigenvalue weighted by Gasteiger charge is 2.29. The number of anilines is 1. The van der Waals surface area contributed by atoms with E-state index in [0.29, 0.717) is 37.5 Å². The fourth-order valence-corrected chi connectivity index (χ4v) is 6.35. The van der Waals surface area contributed by atoms with Crippen molar-refractivity contribution in [1.29, 1.82) is 0 Å². The fourth-order valence-electron chi connectivity index (χ4n) is 4.16. The number of sulfonamides is 1. The Hall–Kier alpha value is -2.55. The van der Waals surface area contributed by atoms with Crippen LogP contribution in [0.4, 0.5) is 5.13 Å². The first-order chi connectivity index (χ1) is 15.5. The first-order valence-corrected chi connectivity index (χ1v) is 13.1. The van der Waals surface area contributed by atoms with E-state index in [4.69, 9.17) is 4.98 Å². The highest BCUT2D eigenvalue weighted by Crippen LogP contribution is 2.23. The van der Waals surface area contributed by atoms with E-state index in [2.05, 4.69) is 52.6 Å². The molecular formula is C24H26N4O2S2. The second-order valence-corrected chi connectivity index (χ2v) is 11.0. The molecule has 8 heteroatoms. The third-order valence-corrected chi connectivity index (χ3v) is 8.75. The Morgan fingerprint density at radius 3 is 2.41 bits per heavy atom. The van der Waals surface area contributed by atoms with E-state index < -0.39 is 10.0 Å². The van der Waals surface area contributed by atoms with Gasteiger partial charge in [0.2, 0.25) is 15.2 Å². The Balaban J connectivity index is 1.25. The zero-order valence-electron chi connectivity index (χ0n) is 18.1. The van der Waals surface area contributed by atoms with Crippen molar-refractivity contribution in [2.45, 2.75) is 31.1 Å². The maximum atomic E-state index is 13.2. The molecule has 6 nitrogen and oxygen atoms in total. The summed E-state index contributed by atoms with van der Waals surface area (Å²) < 4.78 is 32.5. The summed E-state index contributed by atoms with van der Waals surface area (Å²) in [6, 6.07) is 13.9. The van der Waals surface area contributed by atoms with Crippen LogP contribution in [0.25, 0.3) is 12.2 Å². The first kappa shape index (κ1) is 21.3. The Morgan fingerprint density at radius 1 is 0.938 bits per heavy atom. The van der Waals surface area contributed by atoms with E-state index >= 15 is 0 Å². The van der Waals surface area contributed by atoms with Crippen LogP contribution in [0.3, 0.4) is 0 Å². The average Bonchev–Trinajstić information content (AvgIpc) is 3.29. The summed E-state index contributed by atoms with van der Waals surface area (Å²) in [6.07, 6.45) is 6.97.